The molecule has 0 atom stereocenters. The maximum atomic E-state index is 11.2. The number of benzene rings is 2. The maximum absolute atomic E-state index is 11.2. The molecule has 0 heterocycles. The second-order valence-electron chi connectivity index (χ2n) is 6.20. The molecule has 2 N–H and O–H groups in total. The van der Waals surface area contributed by atoms with Gasteiger partial charge in [0, 0.05) is 0 Å². The number of hydrogen-bond donors (Lipinski definition) is 1. The number of nitrogens with two attached hydrogens (primary N) is 1. The minimum atomic E-state index is -0.269. The summed E-state index contributed by atoms with van der Waals surface area (Å²) in [5.74, 6) is -0.269. The zero-order valence-corrected chi connectivity index (χ0v) is 14.3. The molecule has 2 aromatic carbocycles. The molecule has 0 aromatic heterocycles. The molecule has 0 aliphatic carbocycles. The van der Waals surface area contributed by atoms with Crippen LogP contribution >= 0.6 is 0 Å². The van der Waals surface area contributed by atoms with E-state index in [-0.39, 0.29) is 5.91 Å². The van der Waals surface area contributed by atoms with Crippen LogP contribution in [0.15, 0.2) is 42.5 Å². The normalized spacial score (nSPS) is 10.7. The highest BCUT2D eigenvalue weighted by Crippen LogP contribution is 2.19. The lowest BCUT2D eigenvalue weighted by molar-refractivity contribution is -0.117. The number of primary amides is 1. The van der Waals surface area contributed by atoms with Crippen molar-refractivity contribution >= 4 is 5.91 Å². The van der Waals surface area contributed by atoms with Crippen LogP contribution in [0, 0.1) is 0 Å². The first-order valence-corrected chi connectivity index (χ1v) is 8.59. The van der Waals surface area contributed by atoms with Gasteiger partial charge in [-0.3, -0.25) is 4.79 Å². The van der Waals surface area contributed by atoms with Gasteiger partial charge in [0.1, 0.15) is 0 Å². The Bertz CT molecular complexity index is 643. The van der Waals surface area contributed by atoms with Gasteiger partial charge in [-0.2, -0.15) is 0 Å². The summed E-state index contributed by atoms with van der Waals surface area (Å²) in [6.45, 7) is 4.38. The maximum Gasteiger partial charge on any atom is 0.221 e. The van der Waals surface area contributed by atoms with E-state index in [0.29, 0.717) is 6.42 Å². The van der Waals surface area contributed by atoms with Crippen molar-refractivity contribution in [2.75, 3.05) is 0 Å². The molecule has 0 saturated carbocycles. The summed E-state index contributed by atoms with van der Waals surface area (Å²) in [7, 11) is 0. The van der Waals surface area contributed by atoms with Gasteiger partial charge < -0.3 is 5.73 Å². The van der Waals surface area contributed by atoms with E-state index in [2.05, 4.69) is 50.2 Å². The molecule has 2 nitrogen and oxygen atoms in total. The fraction of sp³-hybridized carbons (Fsp3) is 0.381. The van der Waals surface area contributed by atoms with Crippen molar-refractivity contribution in [3.8, 4) is 0 Å². The highest BCUT2D eigenvalue weighted by molar-refractivity contribution is 5.76. The smallest absolute Gasteiger partial charge is 0.221 e. The number of unbranched alkanes of at least 4 members (excludes halogenated alkanes) is 1. The van der Waals surface area contributed by atoms with Crippen LogP contribution in [0.3, 0.4) is 0 Å². The third-order valence-electron chi connectivity index (χ3n) is 4.27. The number of amides is 1. The Labute approximate surface area is 139 Å². The fourth-order valence-corrected chi connectivity index (χ4v) is 2.88. The van der Waals surface area contributed by atoms with Gasteiger partial charge in [0.25, 0.3) is 0 Å². The Hall–Kier alpha value is -2.09. The van der Waals surface area contributed by atoms with Crippen molar-refractivity contribution in [3.63, 3.8) is 0 Å². The van der Waals surface area contributed by atoms with Crippen molar-refractivity contribution in [3.05, 3.63) is 70.3 Å². The third kappa shape index (κ3) is 5.24. The van der Waals surface area contributed by atoms with Crippen molar-refractivity contribution in [2.45, 2.75) is 52.4 Å². The summed E-state index contributed by atoms with van der Waals surface area (Å²) in [6, 6.07) is 15.2. The second kappa shape index (κ2) is 8.52. The van der Waals surface area contributed by atoms with Gasteiger partial charge >= 0.3 is 0 Å². The van der Waals surface area contributed by atoms with Crippen LogP contribution in [0.1, 0.15) is 54.5 Å². The van der Waals surface area contributed by atoms with E-state index in [1.807, 2.05) is 6.07 Å². The molecular formula is C21H27NO. The number of aryl methyl sites for hydroxylation is 2. The van der Waals surface area contributed by atoms with Crippen molar-refractivity contribution in [1.82, 2.24) is 0 Å². The monoisotopic (exact) mass is 309 g/mol. The van der Waals surface area contributed by atoms with E-state index in [0.717, 1.165) is 24.8 Å². The van der Waals surface area contributed by atoms with Crippen LogP contribution in [0.5, 0.6) is 0 Å². The minimum Gasteiger partial charge on any atom is -0.369 e. The van der Waals surface area contributed by atoms with Crippen LogP contribution in [-0.4, -0.2) is 5.91 Å². The molecule has 23 heavy (non-hydrogen) atoms. The van der Waals surface area contributed by atoms with Crippen LogP contribution < -0.4 is 5.73 Å². The highest BCUT2D eigenvalue weighted by atomic mass is 16.1. The Balaban J connectivity index is 2.22. The number of rotatable bonds is 8. The van der Waals surface area contributed by atoms with Gasteiger partial charge in [-0.1, -0.05) is 62.7 Å². The van der Waals surface area contributed by atoms with Gasteiger partial charge in [0.2, 0.25) is 5.91 Å². The van der Waals surface area contributed by atoms with E-state index < -0.39 is 0 Å². The largest absolute Gasteiger partial charge is 0.369 e. The first-order valence-electron chi connectivity index (χ1n) is 8.59. The zero-order valence-electron chi connectivity index (χ0n) is 14.3. The molecule has 0 fully saturated rings. The predicted molar refractivity (Wildman–Crippen MR) is 96.6 cm³/mol. The third-order valence-corrected chi connectivity index (χ3v) is 4.27. The van der Waals surface area contributed by atoms with Gasteiger partial charge in [-0.25, -0.2) is 0 Å². The number of carbonyl (C=O) groups excluding carboxylic acids is 1. The summed E-state index contributed by atoms with van der Waals surface area (Å²) in [4.78, 5) is 11.2. The van der Waals surface area contributed by atoms with Gasteiger partial charge in [0.15, 0.2) is 0 Å². The van der Waals surface area contributed by atoms with Crippen LogP contribution in [-0.2, 0) is 30.5 Å². The summed E-state index contributed by atoms with van der Waals surface area (Å²) in [5.41, 5.74) is 11.8. The van der Waals surface area contributed by atoms with Crippen molar-refractivity contribution in [1.29, 1.82) is 0 Å². The van der Waals surface area contributed by atoms with E-state index in [1.54, 1.807) is 0 Å². The SMILES string of the molecule is CCCCc1cc(CC(N)=O)ccc1Cc1ccc(CC)cc1. The summed E-state index contributed by atoms with van der Waals surface area (Å²) in [5, 5.41) is 0. The molecule has 2 aromatic rings. The number of carbonyl (C=O) groups is 1. The average molecular weight is 309 g/mol. The van der Waals surface area contributed by atoms with Gasteiger partial charge in [-0.15, -0.1) is 0 Å². The van der Waals surface area contributed by atoms with Crippen LogP contribution in [0.2, 0.25) is 0 Å². The first-order chi connectivity index (χ1) is 11.1. The van der Waals surface area contributed by atoms with Crippen molar-refractivity contribution in [2.24, 2.45) is 5.73 Å². The molecule has 0 radical (unpaired) electrons. The predicted octanol–water partition coefficient (Wildman–Crippen LogP) is 4.21. The first kappa shape index (κ1) is 17.3. The zero-order chi connectivity index (χ0) is 16.7. The molecule has 0 bridgehead atoms. The van der Waals surface area contributed by atoms with E-state index in [9.17, 15) is 4.79 Å². The Kier molecular flexibility index (Phi) is 6.40. The molecule has 1 amide bonds. The van der Waals surface area contributed by atoms with E-state index >= 15 is 0 Å². The summed E-state index contributed by atoms with van der Waals surface area (Å²) >= 11 is 0. The van der Waals surface area contributed by atoms with Gasteiger partial charge in [-0.05, 0) is 53.5 Å². The standard InChI is InChI=1S/C21H27NO/c1-3-5-6-19-14-18(15-21(22)23)11-12-20(19)13-17-9-7-16(4-2)8-10-17/h7-12,14H,3-6,13,15H2,1-2H3,(H2,22,23). The lowest BCUT2D eigenvalue weighted by Crippen LogP contribution is -2.14. The highest BCUT2D eigenvalue weighted by Gasteiger charge is 2.07. The Morgan fingerprint density at radius 2 is 1.57 bits per heavy atom. The lowest BCUT2D eigenvalue weighted by atomic mass is 9.93. The molecule has 2 heteroatoms. The topological polar surface area (TPSA) is 43.1 Å². The summed E-state index contributed by atoms with van der Waals surface area (Å²) in [6.07, 6.45) is 5.74. The minimum absolute atomic E-state index is 0.269. The van der Waals surface area contributed by atoms with E-state index in [4.69, 9.17) is 5.73 Å². The molecular weight excluding hydrogens is 282 g/mol. The Morgan fingerprint density at radius 1 is 0.913 bits per heavy atom. The fourth-order valence-electron chi connectivity index (χ4n) is 2.88. The molecule has 0 aliphatic heterocycles. The average Bonchev–Trinajstić information content (AvgIpc) is 2.55. The van der Waals surface area contributed by atoms with Gasteiger partial charge in [0.05, 0.1) is 6.42 Å². The summed E-state index contributed by atoms with van der Waals surface area (Å²) < 4.78 is 0. The van der Waals surface area contributed by atoms with Crippen molar-refractivity contribution < 1.29 is 4.79 Å². The number of hydrogen-bond acceptors (Lipinski definition) is 1. The second-order valence-corrected chi connectivity index (χ2v) is 6.20. The molecule has 0 spiro atoms. The molecule has 0 unspecified atom stereocenters. The molecule has 0 aliphatic rings. The molecule has 2 rings (SSSR count). The lowest BCUT2D eigenvalue weighted by Gasteiger charge is -2.12. The van der Waals surface area contributed by atoms with Crippen LogP contribution in [0.25, 0.3) is 0 Å². The van der Waals surface area contributed by atoms with Crippen LogP contribution in [0.4, 0.5) is 0 Å². The Morgan fingerprint density at radius 3 is 2.17 bits per heavy atom. The molecule has 122 valence electrons. The molecule has 0 saturated heterocycles. The quantitative estimate of drug-likeness (QED) is 0.780. The van der Waals surface area contributed by atoms with E-state index in [1.165, 1.54) is 35.1 Å².